The van der Waals surface area contributed by atoms with Crippen molar-refractivity contribution in [2.75, 3.05) is 18.9 Å². The van der Waals surface area contributed by atoms with Crippen molar-refractivity contribution >= 4 is 11.7 Å². The quantitative estimate of drug-likeness (QED) is 0.875. The van der Waals surface area contributed by atoms with Crippen molar-refractivity contribution in [3.05, 3.63) is 53.3 Å². The van der Waals surface area contributed by atoms with Gasteiger partial charge in [-0.1, -0.05) is 18.2 Å². The molecule has 2 aromatic rings. The second-order valence-electron chi connectivity index (χ2n) is 5.05. The van der Waals surface area contributed by atoms with Gasteiger partial charge in [-0.3, -0.25) is 4.98 Å². The van der Waals surface area contributed by atoms with Gasteiger partial charge in [-0.25, -0.2) is 4.79 Å². The number of esters is 1. The lowest BCUT2D eigenvalue weighted by Gasteiger charge is -2.11. The van der Waals surface area contributed by atoms with E-state index in [0.29, 0.717) is 23.6 Å². The van der Waals surface area contributed by atoms with Crippen LogP contribution in [0.3, 0.4) is 0 Å². The van der Waals surface area contributed by atoms with Gasteiger partial charge in [0.25, 0.3) is 0 Å². The first-order valence-electron chi connectivity index (χ1n) is 6.76. The van der Waals surface area contributed by atoms with Crippen molar-refractivity contribution in [2.45, 2.75) is 12.8 Å². The Bertz CT molecular complexity index is 685. The summed E-state index contributed by atoms with van der Waals surface area (Å²) in [7, 11) is 0. The normalized spacial score (nSPS) is 16.1. The Kier molecular flexibility index (Phi) is 3.48. The molecule has 1 aromatic heterocycles. The molecule has 1 aliphatic rings. The summed E-state index contributed by atoms with van der Waals surface area (Å²) in [5.74, 6) is 0.525. The molecule has 5 nitrogen and oxygen atoms in total. The molecule has 0 saturated heterocycles. The standard InChI is InChI=1S/C16H16N2O3/c1-10-14(6-12(17)7-18-10)16(19)21-9-11-8-20-15-5-3-2-4-13(11)15/h2-7,11H,8-9,17H2,1H3. The number of para-hydroxylation sites is 1. The summed E-state index contributed by atoms with van der Waals surface area (Å²) < 4.78 is 11.0. The van der Waals surface area contributed by atoms with Crippen LogP contribution in [0.2, 0.25) is 0 Å². The van der Waals surface area contributed by atoms with E-state index in [2.05, 4.69) is 4.98 Å². The molecule has 1 atom stereocenters. The third-order valence-corrected chi connectivity index (χ3v) is 3.54. The number of hydrogen-bond acceptors (Lipinski definition) is 5. The van der Waals surface area contributed by atoms with E-state index in [-0.39, 0.29) is 12.5 Å². The SMILES string of the molecule is Cc1ncc(N)cc1C(=O)OCC1COc2ccccc21. The van der Waals surface area contributed by atoms with Gasteiger partial charge in [0, 0.05) is 5.56 Å². The number of nitrogens with two attached hydrogens (primary N) is 1. The van der Waals surface area contributed by atoms with E-state index in [9.17, 15) is 4.79 Å². The monoisotopic (exact) mass is 284 g/mol. The average Bonchev–Trinajstić information content (AvgIpc) is 2.90. The largest absolute Gasteiger partial charge is 0.493 e. The van der Waals surface area contributed by atoms with E-state index in [1.165, 1.54) is 6.20 Å². The van der Waals surface area contributed by atoms with Crippen molar-refractivity contribution < 1.29 is 14.3 Å². The Morgan fingerprint density at radius 2 is 2.29 bits per heavy atom. The second kappa shape index (κ2) is 5.44. The van der Waals surface area contributed by atoms with Crippen LogP contribution in [0.1, 0.15) is 27.5 Å². The fourth-order valence-corrected chi connectivity index (χ4v) is 2.38. The van der Waals surface area contributed by atoms with Crippen LogP contribution in [-0.4, -0.2) is 24.2 Å². The molecule has 0 fully saturated rings. The van der Waals surface area contributed by atoms with Gasteiger partial charge < -0.3 is 15.2 Å². The second-order valence-corrected chi connectivity index (χ2v) is 5.05. The number of fused-ring (bicyclic) bond motifs is 1. The maximum Gasteiger partial charge on any atom is 0.340 e. The zero-order valence-corrected chi connectivity index (χ0v) is 11.7. The molecular weight excluding hydrogens is 268 g/mol. The van der Waals surface area contributed by atoms with Crippen molar-refractivity contribution in [1.29, 1.82) is 0 Å². The highest BCUT2D eigenvalue weighted by Crippen LogP contribution is 2.33. The Morgan fingerprint density at radius 3 is 3.14 bits per heavy atom. The number of carbonyl (C=O) groups excluding carboxylic acids is 1. The molecule has 1 aromatic carbocycles. The van der Waals surface area contributed by atoms with Crippen molar-refractivity contribution in [2.24, 2.45) is 0 Å². The number of aryl methyl sites for hydroxylation is 1. The number of pyridine rings is 1. The van der Waals surface area contributed by atoms with Crippen LogP contribution in [0.25, 0.3) is 0 Å². The highest BCUT2D eigenvalue weighted by atomic mass is 16.5. The summed E-state index contributed by atoms with van der Waals surface area (Å²) in [6, 6.07) is 9.38. The van der Waals surface area contributed by atoms with Crippen LogP contribution in [0, 0.1) is 6.92 Å². The number of ether oxygens (including phenoxy) is 2. The van der Waals surface area contributed by atoms with E-state index in [1.54, 1.807) is 13.0 Å². The van der Waals surface area contributed by atoms with Gasteiger partial charge in [0.1, 0.15) is 12.4 Å². The van der Waals surface area contributed by atoms with E-state index in [4.69, 9.17) is 15.2 Å². The molecule has 0 aliphatic carbocycles. The molecule has 1 aliphatic heterocycles. The first kappa shape index (κ1) is 13.4. The Hall–Kier alpha value is -2.56. The van der Waals surface area contributed by atoms with E-state index in [1.807, 2.05) is 24.3 Å². The topological polar surface area (TPSA) is 74.4 Å². The number of benzene rings is 1. The number of nitrogen functional groups attached to an aromatic ring is 1. The molecule has 0 saturated carbocycles. The summed E-state index contributed by atoms with van der Waals surface area (Å²) in [6.45, 7) is 2.56. The van der Waals surface area contributed by atoms with Crippen molar-refractivity contribution in [3.63, 3.8) is 0 Å². The summed E-state index contributed by atoms with van der Waals surface area (Å²) >= 11 is 0. The molecule has 0 spiro atoms. The Balaban J connectivity index is 1.69. The van der Waals surface area contributed by atoms with Gasteiger partial charge in [-0.15, -0.1) is 0 Å². The lowest BCUT2D eigenvalue weighted by Crippen LogP contribution is -2.15. The number of aromatic nitrogens is 1. The van der Waals surface area contributed by atoms with Crippen molar-refractivity contribution in [1.82, 2.24) is 4.98 Å². The van der Waals surface area contributed by atoms with Crippen LogP contribution in [-0.2, 0) is 4.74 Å². The lowest BCUT2D eigenvalue weighted by atomic mass is 10.0. The highest BCUT2D eigenvalue weighted by Gasteiger charge is 2.25. The minimum absolute atomic E-state index is 0.0690. The molecule has 2 heterocycles. The molecule has 0 amide bonds. The molecule has 0 radical (unpaired) electrons. The predicted octanol–water partition coefficient (Wildman–Crippen LogP) is 2.31. The van der Waals surface area contributed by atoms with Gasteiger partial charge in [0.2, 0.25) is 0 Å². The van der Waals surface area contributed by atoms with Crippen LogP contribution in [0.4, 0.5) is 5.69 Å². The molecule has 1 unspecified atom stereocenters. The summed E-state index contributed by atoms with van der Waals surface area (Å²) in [6.07, 6.45) is 1.52. The first-order valence-corrected chi connectivity index (χ1v) is 6.76. The molecule has 21 heavy (non-hydrogen) atoms. The number of hydrogen-bond donors (Lipinski definition) is 1. The smallest absolute Gasteiger partial charge is 0.340 e. The van der Waals surface area contributed by atoms with E-state index < -0.39 is 5.97 Å². The highest BCUT2D eigenvalue weighted by molar-refractivity contribution is 5.91. The van der Waals surface area contributed by atoms with Gasteiger partial charge in [0.05, 0.1) is 35.7 Å². The van der Waals surface area contributed by atoms with Crippen molar-refractivity contribution in [3.8, 4) is 5.75 Å². The fourth-order valence-electron chi connectivity index (χ4n) is 2.38. The zero-order valence-electron chi connectivity index (χ0n) is 11.7. The number of carbonyl (C=O) groups is 1. The summed E-state index contributed by atoms with van der Waals surface area (Å²) in [5.41, 5.74) is 8.19. The van der Waals surface area contributed by atoms with Gasteiger partial charge >= 0.3 is 5.97 Å². The minimum atomic E-state index is -0.406. The molecular formula is C16H16N2O3. The molecule has 0 bridgehead atoms. The van der Waals surface area contributed by atoms with E-state index >= 15 is 0 Å². The third-order valence-electron chi connectivity index (χ3n) is 3.54. The Labute approximate surface area is 122 Å². The van der Waals surface area contributed by atoms with Gasteiger partial charge in [-0.05, 0) is 19.1 Å². The maximum absolute atomic E-state index is 12.1. The molecule has 5 heteroatoms. The summed E-state index contributed by atoms with van der Waals surface area (Å²) in [5, 5.41) is 0. The minimum Gasteiger partial charge on any atom is -0.493 e. The molecule has 108 valence electrons. The first-order chi connectivity index (χ1) is 10.1. The zero-order chi connectivity index (χ0) is 14.8. The van der Waals surface area contributed by atoms with Crippen LogP contribution >= 0.6 is 0 Å². The number of nitrogens with zero attached hydrogens (tertiary/aromatic N) is 1. The van der Waals surface area contributed by atoms with Crippen LogP contribution < -0.4 is 10.5 Å². The molecule has 2 N–H and O–H groups in total. The van der Waals surface area contributed by atoms with Gasteiger partial charge in [0.15, 0.2) is 0 Å². The maximum atomic E-state index is 12.1. The number of rotatable bonds is 3. The predicted molar refractivity (Wildman–Crippen MR) is 78.3 cm³/mol. The van der Waals surface area contributed by atoms with Crippen LogP contribution in [0.5, 0.6) is 5.75 Å². The average molecular weight is 284 g/mol. The lowest BCUT2D eigenvalue weighted by molar-refractivity contribution is 0.0469. The van der Waals surface area contributed by atoms with Crippen LogP contribution in [0.15, 0.2) is 36.5 Å². The fraction of sp³-hybridized carbons (Fsp3) is 0.250. The van der Waals surface area contributed by atoms with E-state index in [0.717, 1.165) is 11.3 Å². The summed E-state index contributed by atoms with van der Waals surface area (Å²) in [4.78, 5) is 16.2. The molecule has 3 rings (SSSR count). The number of anilines is 1. The third kappa shape index (κ3) is 2.67. The van der Waals surface area contributed by atoms with Gasteiger partial charge in [-0.2, -0.15) is 0 Å². The Morgan fingerprint density at radius 1 is 1.48 bits per heavy atom.